The lowest BCUT2D eigenvalue weighted by Crippen LogP contribution is -2.45. The molecular formula is C18H18Cl4N2. The van der Waals surface area contributed by atoms with Crippen LogP contribution in [0.25, 0.3) is 0 Å². The van der Waals surface area contributed by atoms with E-state index < -0.39 is 0 Å². The number of halogens is 4. The summed E-state index contributed by atoms with van der Waals surface area (Å²) in [5, 5.41) is 2.92. The van der Waals surface area contributed by atoms with E-state index in [1.165, 1.54) is 0 Å². The molecule has 0 unspecified atom stereocenters. The van der Waals surface area contributed by atoms with E-state index in [0.717, 1.165) is 70.5 Å². The van der Waals surface area contributed by atoms with Crippen LogP contribution in [0.15, 0.2) is 36.4 Å². The maximum atomic E-state index is 6.27. The Balaban J connectivity index is 1.58. The Morgan fingerprint density at radius 2 is 0.875 bits per heavy atom. The zero-order chi connectivity index (χ0) is 17.1. The lowest BCUT2D eigenvalue weighted by atomic mass is 10.1. The van der Waals surface area contributed by atoms with Crippen molar-refractivity contribution in [1.82, 2.24) is 9.80 Å². The molecule has 128 valence electrons. The summed E-state index contributed by atoms with van der Waals surface area (Å²) in [6.07, 6.45) is 0. The molecule has 1 fully saturated rings. The van der Waals surface area contributed by atoms with Gasteiger partial charge in [-0.3, -0.25) is 9.80 Å². The second-order valence-corrected chi connectivity index (χ2v) is 7.58. The molecule has 0 atom stereocenters. The van der Waals surface area contributed by atoms with E-state index >= 15 is 0 Å². The number of piperazine rings is 1. The third-order valence-electron chi connectivity index (χ3n) is 4.35. The van der Waals surface area contributed by atoms with E-state index in [0.29, 0.717) is 0 Å². The Bertz CT molecular complexity index is 610. The van der Waals surface area contributed by atoms with Crippen LogP contribution in [0, 0.1) is 0 Å². The van der Waals surface area contributed by atoms with Gasteiger partial charge in [0.25, 0.3) is 0 Å². The van der Waals surface area contributed by atoms with Crippen molar-refractivity contribution in [1.29, 1.82) is 0 Å². The first-order valence-electron chi connectivity index (χ1n) is 7.85. The molecule has 2 aromatic carbocycles. The van der Waals surface area contributed by atoms with Gasteiger partial charge in [-0.15, -0.1) is 0 Å². The fourth-order valence-corrected chi connectivity index (χ4v) is 3.95. The van der Waals surface area contributed by atoms with E-state index in [2.05, 4.69) is 9.80 Å². The van der Waals surface area contributed by atoms with Crippen molar-refractivity contribution in [3.8, 4) is 0 Å². The van der Waals surface area contributed by atoms with Crippen LogP contribution in [-0.2, 0) is 13.1 Å². The normalized spacial score (nSPS) is 16.5. The zero-order valence-corrected chi connectivity index (χ0v) is 16.1. The van der Waals surface area contributed by atoms with Crippen LogP contribution in [0.2, 0.25) is 20.1 Å². The Kier molecular flexibility index (Phi) is 6.31. The largest absolute Gasteiger partial charge is 0.296 e. The van der Waals surface area contributed by atoms with Crippen LogP contribution < -0.4 is 0 Å². The molecule has 1 heterocycles. The van der Waals surface area contributed by atoms with Gasteiger partial charge in [0.05, 0.1) is 0 Å². The van der Waals surface area contributed by atoms with E-state index in [4.69, 9.17) is 46.4 Å². The van der Waals surface area contributed by atoms with Crippen LogP contribution >= 0.6 is 46.4 Å². The Morgan fingerprint density at radius 1 is 0.583 bits per heavy atom. The highest BCUT2D eigenvalue weighted by molar-refractivity contribution is 6.36. The van der Waals surface area contributed by atoms with Gasteiger partial charge in [0.1, 0.15) is 0 Å². The van der Waals surface area contributed by atoms with Crippen LogP contribution in [0.3, 0.4) is 0 Å². The average Bonchev–Trinajstić information content (AvgIpc) is 2.56. The van der Waals surface area contributed by atoms with E-state index in [-0.39, 0.29) is 0 Å². The molecule has 1 aliphatic heterocycles. The molecule has 2 nitrogen and oxygen atoms in total. The van der Waals surface area contributed by atoms with Crippen molar-refractivity contribution in [2.45, 2.75) is 13.1 Å². The maximum Gasteiger partial charge on any atom is 0.0465 e. The molecule has 0 aliphatic carbocycles. The van der Waals surface area contributed by atoms with Crippen molar-refractivity contribution in [2.24, 2.45) is 0 Å². The standard InChI is InChI=1S/C18H18Cl4N2/c19-15-3-1-4-16(20)13(15)11-23-7-9-24(10-8-23)12-14-17(21)5-2-6-18(14)22/h1-6H,7-12H2. The summed E-state index contributed by atoms with van der Waals surface area (Å²) in [6, 6.07) is 11.3. The first kappa shape index (κ1) is 18.3. The monoisotopic (exact) mass is 402 g/mol. The van der Waals surface area contributed by atoms with E-state index in [1.54, 1.807) is 0 Å². The molecule has 0 bridgehead atoms. The highest BCUT2D eigenvalue weighted by Gasteiger charge is 2.20. The summed E-state index contributed by atoms with van der Waals surface area (Å²) in [5.41, 5.74) is 2.01. The molecule has 0 saturated carbocycles. The molecule has 1 aliphatic rings. The van der Waals surface area contributed by atoms with Gasteiger partial charge in [-0.1, -0.05) is 58.5 Å². The molecule has 0 spiro atoms. The minimum absolute atomic E-state index is 0.729. The number of hydrogen-bond acceptors (Lipinski definition) is 2. The van der Waals surface area contributed by atoms with Gasteiger partial charge in [-0.2, -0.15) is 0 Å². The molecule has 0 amide bonds. The number of benzene rings is 2. The Morgan fingerprint density at radius 3 is 1.17 bits per heavy atom. The number of nitrogens with zero attached hydrogens (tertiary/aromatic N) is 2. The zero-order valence-electron chi connectivity index (χ0n) is 13.1. The van der Waals surface area contributed by atoms with Gasteiger partial charge >= 0.3 is 0 Å². The van der Waals surface area contributed by atoms with Crippen molar-refractivity contribution in [3.63, 3.8) is 0 Å². The molecule has 3 rings (SSSR count). The van der Waals surface area contributed by atoms with Crippen LogP contribution in [-0.4, -0.2) is 36.0 Å². The summed E-state index contributed by atoms with van der Waals surface area (Å²) in [7, 11) is 0. The van der Waals surface area contributed by atoms with Crippen LogP contribution in [0.5, 0.6) is 0 Å². The van der Waals surface area contributed by atoms with Gasteiger partial charge in [0.15, 0.2) is 0 Å². The minimum Gasteiger partial charge on any atom is -0.296 e. The Hall–Kier alpha value is -0.480. The maximum absolute atomic E-state index is 6.27. The number of hydrogen-bond donors (Lipinski definition) is 0. The lowest BCUT2D eigenvalue weighted by Gasteiger charge is -2.35. The van der Waals surface area contributed by atoms with Crippen LogP contribution in [0.1, 0.15) is 11.1 Å². The van der Waals surface area contributed by atoms with Gasteiger partial charge in [0, 0.05) is 70.5 Å². The molecule has 2 aromatic rings. The van der Waals surface area contributed by atoms with Crippen molar-refractivity contribution in [3.05, 3.63) is 67.6 Å². The minimum atomic E-state index is 0.729. The van der Waals surface area contributed by atoms with E-state index in [9.17, 15) is 0 Å². The fraction of sp³-hybridized carbons (Fsp3) is 0.333. The highest BCUT2D eigenvalue weighted by Crippen LogP contribution is 2.28. The third kappa shape index (κ3) is 4.37. The van der Waals surface area contributed by atoms with Crippen molar-refractivity contribution < 1.29 is 0 Å². The smallest absolute Gasteiger partial charge is 0.0465 e. The number of rotatable bonds is 4. The third-order valence-corrected chi connectivity index (χ3v) is 5.77. The molecule has 0 radical (unpaired) electrons. The van der Waals surface area contributed by atoms with Gasteiger partial charge in [-0.05, 0) is 24.3 Å². The predicted octanol–water partition coefficient (Wildman–Crippen LogP) is 5.62. The molecule has 0 N–H and O–H groups in total. The molecule has 1 saturated heterocycles. The Labute approximate surface area is 162 Å². The summed E-state index contributed by atoms with van der Waals surface area (Å²) >= 11 is 25.1. The molecule has 0 aromatic heterocycles. The molecule has 24 heavy (non-hydrogen) atoms. The van der Waals surface area contributed by atoms with Gasteiger partial charge in [0.2, 0.25) is 0 Å². The lowest BCUT2D eigenvalue weighted by molar-refractivity contribution is 0.122. The fourth-order valence-electron chi connectivity index (χ4n) is 2.92. The van der Waals surface area contributed by atoms with Gasteiger partial charge < -0.3 is 0 Å². The first-order valence-corrected chi connectivity index (χ1v) is 9.36. The summed E-state index contributed by atoms with van der Waals surface area (Å²) in [5.74, 6) is 0. The van der Waals surface area contributed by atoms with Gasteiger partial charge in [-0.25, -0.2) is 0 Å². The summed E-state index contributed by atoms with van der Waals surface area (Å²) < 4.78 is 0. The summed E-state index contributed by atoms with van der Waals surface area (Å²) in [6.45, 7) is 5.40. The first-order chi connectivity index (χ1) is 11.5. The highest BCUT2D eigenvalue weighted by atomic mass is 35.5. The SMILES string of the molecule is Clc1cccc(Cl)c1CN1CCN(Cc2c(Cl)cccc2Cl)CC1. The molecule has 6 heteroatoms. The van der Waals surface area contributed by atoms with Crippen molar-refractivity contribution >= 4 is 46.4 Å². The summed E-state index contributed by atoms with van der Waals surface area (Å²) in [4.78, 5) is 4.75. The topological polar surface area (TPSA) is 6.48 Å². The quantitative estimate of drug-likeness (QED) is 0.653. The second-order valence-electron chi connectivity index (χ2n) is 5.95. The van der Waals surface area contributed by atoms with Crippen molar-refractivity contribution in [2.75, 3.05) is 26.2 Å². The van der Waals surface area contributed by atoms with E-state index in [1.807, 2.05) is 36.4 Å². The van der Waals surface area contributed by atoms with Crippen LogP contribution in [0.4, 0.5) is 0 Å². The second kappa shape index (κ2) is 8.27. The molecular weight excluding hydrogens is 386 g/mol. The average molecular weight is 404 g/mol. The predicted molar refractivity (Wildman–Crippen MR) is 103 cm³/mol.